The van der Waals surface area contributed by atoms with E-state index < -0.39 is 0 Å². The number of nitrogens with one attached hydrogen (secondary N) is 1. The van der Waals surface area contributed by atoms with Crippen LogP contribution < -0.4 is 11.1 Å². The van der Waals surface area contributed by atoms with Crippen molar-refractivity contribution in [3.8, 4) is 0 Å². The fourth-order valence-electron chi connectivity index (χ4n) is 2.56. The highest BCUT2D eigenvalue weighted by atomic mass is 16.1. The second-order valence-corrected chi connectivity index (χ2v) is 4.90. The molecular weight excluding hydrogens is 236 g/mol. The second-order valence-electron chi connectivity index (χ2n) is 4.90. The van der Waals surface area contributed by atoms with E-state index in [1.807, 2.05) is 18.2 Å². The van der Waals surface area contributed by atoms with Gasteiger partial charge in [0.1, 0.15) is 0 Å². The van der Waals surface area contributed by atoms with Gasteiger partial charge < -0.3 is 11.1 Å². The van der Waals surface area contributed by atoms with E-state index in [1.165, 1.54) is 11.1 Å². The van der Waals surface area contributed by atoms with Gasteiger partial charge in [-0.3, -0.25) is 4.79 Å². The van der Waals surface area contributed by atoms with Crippen molar-refractivity contribution >= 4 is 11.6 Å². The minimum atomic E-state index is -0.0949. The van der Waals surface area contributed by atoms with Crippen LogP contribution in [0.1, 0.15) is 27.4 Å². The number of nitrogen functional groups attached to an aromatic ring is 1. The van der Waals surface area contributed by atoms with E-state index >= 15 is 0 Å². The van der Waals surface area contributed by atoms with E-state index in [9.17, 15) is 4.79 Å². The highest BCUT2D eigenvalue weighted by molar-refractivity contribution is 5.99. The second kappa shape index (κ2) is 4.76. The highest BCUT2D eigenvalue weighted by Crippen LogP contribution is 2.34. The van der Waals surface area contributed by atoms with Crippen LogP contribution in [-0.4, -0.2) is 12.5 Å². The summed E-state index contributed by atoms with van der Waals surface area (Å²) in [7, 11) is 0. The average molecular weight is 252 g/mol. The van der Waals surface area contributed by atoms with Crippen LogP contribution in [0.25, 0.3) is 0 Å². The zero-order chi connectivity index (χ0) is 13.2. The summed E-state index contributed by atoms with van der Waals surface area (Å²) in [4.78, 5) is 12.0. The van der Waals surface area contributed by atoms with Crippen LogP contribution in [0.5, 0.6) is 0 Å². The molecule has 0 heterocycles. The third-order valence-corrected chi connectivity index (χ3v) is 3.68. The van der Waals surface area contributed by atoms with Gasteiger partial charge in [-0.1, -0.05) is 36.4 Å². The molecule has 1 aliphatic carbocycles. The van der Waals surface area contributed by atoms with Crippen LogP contribution in [0.3, 0.4) is 0 Å². The number of fused-ring (bicyclic) bond motifs is 1. The Labute approximate surface area is 112 Å². The number of anilines is 1. The predicted octanol–water partition coefficient (Wildman–Crippen LogP) is 2.34. The normalized spacial score (nSPS) is 16.3. The number of nitrogens with two attached hydrogens (primary N) is 1. The summed E-state index contributed by atoms with van der Waals surface area (Å²) in [6.45, 7) is 0.671. The van der Waals surface area contributed by atoms with Gasteiger partial charge in [0.2, 0.25) is 0 Å². The summed E-state index contributed by atoms with van der Waals surface area (Å²) in [5.74, 6) is 0.340. The lowest BCUT2D eigenvalue weighted by Gasteiger charge is -2.30. The van der Waals surface area contributed by atoms with Gasteiger partial charge in [0.15, 0.2) is 0 Å². The standard InChI is InChI=1S/C16H16N2O/c17-15-8-4-3-7-14(15)16(19)18-10-12-9-11-5-1-2-6-13(11)12/h1-8,12H,9-10,17H2,(H,18,19). The molecule has 3 nitrogen and oxygen atoms in total. The molecule has 1 amide bonds. The summed E-state index contributed by atoms with van der Waals surface area (Å²) >= 11 is 0. The van der Waals surface area contributed by atoms with Gasteiger partial charge in [0, 0.05) is 18.2 Å². The minimum absolute atomic E-state index is 0.0949. The van der Waals surface area contributed by atoms with Gasteiger partial charge in [-0.25, -0.2) is 0 Å². The molecule has 0 bridgehead atoms. The van der Waals surface area contributed by atoms with Gasteiger partial charge in [0.05, 0.1) is 5.56 Å². The number of carbonyl (C=O) groups excluding carboxylic acids is 1. The number of rotatable bonds is 3. The molecule has 0 spiro atoms. The molecular formula is C16H16N2O. The summed E-state index contributed by atoms with van der Waals surface area (Å²) < 4.78 is 0. The molecule has 0 aliphatic heterocycles. The topological polar surface area (TPSA) is 55.1 Å². The number of carbonyl (C=O) groups is 1. The van der Waals surface area contributed by atoms with E-state index in [0.29, 0.717) is 23.7 Å². The number of benzene rings is 2. The molecule has 3 rings (SSSR count). The van der Waals surface area contributed by atoms with Crippen molar-refractivity contribution < 1.29 is 4.79 Å². The Hall–Kier alpha value is -2.29. The lowest BCUT2D eigenvalue weighted by atomic mass is 9.77. The lowest BCUT2D eigenvalue weighted by molar-refractivity contribution is 0.0951. The molecule has 2 aromatic carbocycles. The molecule has 19 heavy (non-hydrogen) atoms. The average Bonchev–Trinajstić information content (AvgIpc) is 2.40. The van der Waals surface area contributed by atoms with Crippen molar-refractivity contribution in [2.75, 3.05) is 12.3 Å². The van der Waals surface area contributed by atoms with Gasteiger partial charge in [0.25, 0.3) is 5.91 Å². The Kier molecular flexibility index (Phi) is 2.95. The molecule has 0 saturated carbocycles. The van der Waals surface area contributed by atoms with Gasteiger partial charge in [-0.15, -0.1) is 0 Å². The summed E-state index contributed by atoms with van der Waals surface area (Å²) in [6, 6.07) is 15.5. The molecule has 0 radical (unpaired) electrons. The largest absolute Gasteiger partial charge is 0.398 e. The first kappa shape index (κ1) is 11.8. The fraction of sp³-hybridized carbons (Fsp3) is 0.188. The number of para-hydroxylation sites is 1. The predicted molar refractivity (Wildman–Crippen MR) is 76.1 cm³/mol. The molecule has 3 N–H and O–H groups in total. The van der Waals surface area contributed by atoms with Crippen molar-refractivity contribution in [1.29, 1.82) is 0 Å². The molecule has 96 valence electrons. The Morgan fingerprint density at radius 3 is 2.68 bits per heavy atom. The van der Waals surface area contributed by atoms with Gasteiger partial charge in [-0.2, -0.15) is 0 Å². The molecule has 1 atom stereocenters. The van der Waals surface area contributed by atoms with Crippen LogP contribution in [0.15, 0.2) is 48.5 Å². The van der Waals surface area contributed by atoms with Crippen LogP contribution in [0.4, 0.5) is 5.69 Å². The first-order chi connectivity index (χ1) is 9.25. The molecule has 0 saturated heterocycles. The SMILES string of the molecule is Nc1ccccc1C(=O)NCC1Cc2ccccc21. The van der Waals surface area contributed by atoms with Crippen molar-refractivity contribution in [1.82, 2.24) is 5.32 Å². The molecule has 3 heteroatoms. The Morgan fingerprint density at radius 1 is 1.16 bits per heavy atom. The Morgan fingerprint density at radius 2 is 1.89 bits per heavy atom. The van der Waals surface area contributed by atoms with Gasteiger partial charge >= 0.3 is 0 Å². The zero-order valence-corrected chi connectivity index (χ0v) is 10.6. The van der Waals surface area contributed by atoms with Crippen LogP contribution in [-0.2, 0) is 6.42 Å². The van der Waals surface area contributed by atoms with Crippen LogP contribution in [0, 0.1) is 0 Å². The van der Waals surface area contributed by atoms with Crippen LogP contribution >= 0.6 is 0 Å². The van der Waals surface area contributed by atoms with Crippen molar-refractivity contribution in [3.63, 3.8) is 0 Å². The summed E-state index contributed by atoms with van der Waals surface area (Å²) in [6.07, 6.45) is 1.04. The molecule has 1 aliphatic rings. The van der Waals surface area contributed by atoms with Crippen molar-refractivity contribution in [3.05, 3.63) is 65.2 Å². The van der Waals surface area contributed by atoms with Gasteiger partial charge in [-0.05, 0) is 29.7 Å². The van der Waals surface area contributed by atoms with E-state index in [1.54, 1.807) is 12.1 Å². The molecule has 0 aromatic heterocycles. The van der Waals surface area contributed by atoms with E-state index in [2.05, 4.69) is 23.5 Å². The molecule has 1 unspecified atom stereocenters. The smallest absolute Gasteiger partial charge is 0.253 e. The Bertz CT molecular complexity index is 622. The maximum atomic E-state index is 12.0. The minimum Gasteiger partial charge on any atom is -0.398 e. The first-order valence-electron chi connectivity index (χ1n) is 6.46. The van der Waals surface area contributed by atoms with Crippen LogP contribution in [0.2, 0.25) is 0 Å². The van der Waals surface area contributed by atoms with Crippen molar-refractivity contribution in [2.24, 2.45) is 0 Å². The third kappa shape index (κ3) is 2.19. The molecule has 2 aromatic rings. The fourth-order valence-corrected chi connectivity index (χ4v) is 2.56. The summed E-state index contributed by atoms with van der Waals surface area (Å²) in [5, 5.41) is 2.96. The quantitative estimate of drug-likeness (QED) is 0.824. The number of hydrogen-bond donors (Lipinski definition) is 2. The summed E-state index contributed by atoms with van der Waals surface area (Å²) in [5.41, 5.74) is 9.60. The number of amides is 1. The first-order valence-corrected chi connectivity index (χ1v) is 6.46. The van der Waals surface area contributed by atoms with E-state index in [0.717, 1.165) is 6.42 Å². The zero-order valence-electron chi connectivity index (χ0n) is 10.6. The molecule has 0 fully saturated rings. The maximum Gasteiger partial charge on any atom is 0.253 e. The third-order valence-electron chi connectivity index (χ3n) is 3.68. The van der Waals surface area contributed by atoms with E-state index in [4.69, 9.17) is 5.73 Å². The number of hydrogen-bond acceptors (Lipinski definition) is 2. The van der Waals surface area contributed by atoms with Crippen molar-refractivity contribution in [2.45, 2.75) is 12.3 Å². The highest BCUT2D eigenvalue weighted by Gasteiger charge is 2.25. The Balaban J connectivity index is 1.63. The monoisotopic (exact) mass is 252 g/mol. The maximum absolute atomic E-state index is 12.0. The van der Waals surface area contributed by atoms with E-state index in [-0.39, 0.29) is 5.91 Å². The lowest BCUT2D eigenvalue weighted by Crippen LogP contribution is -2.33.